The Balaban J connectivity index is 2.05. The number of benzene rings is 1. The van der Waals surface area contributed by atoms with E-state index in [1.54, 1.807) is 0 Å². The van der Waals surface area contributed by atoms with E-state index in [1.807, 2.05) is 0 Å². The van der Waals surface area contributed by atoms with Crippen LogP contribution in [0.2, 0.25) is 0 Å². The molecule has 0 aromatic heterocycles. The van der Waals surface area contributed by atoms with E-state index in [4.69, 9.17) is 14.2 Å². The molecule has 0 saturated carbocycles. The summed E-state index contributed by atoms with van der Waals surface area (Å²) in [5, 5.41) is 2.41. The number of hydrogen-bond donors (Lipinski definition) is 1. The third-order valence-electron chi connectivity index (χ3n) is 3.66. The Morgan fingerprint density at radius 1 is 1.38 bits per heavy atom. The Morgan fingerprint density at radius 3 is 2.85 bits per heavy atom. The number of hydrogen-bond acceptors (Lipinski definition) is 5. The van der Waals surface area contributed by atoms with Crippen LogP contribution in [0.1, 0.15) is 28.8 Å². The van der Waals surface area contributed by atoms with Crippen LogP contribution in [0.15, 0.2) is 29.3 Å². The molecule has 1 aliphatic heterocycles. The average molecular weight is 374 g/mol. The van der Waals surface area contributed by atoms with E-state index in [0.29, 0.717) is 13.2 Å². The van der Waals surface area contributed by atoms with E-state index in [0.717, 1.165) is 25.0 Å². The van der Waals surface area contributed by atoms with Crippen molar-refractivity contribution in [2.24, 2.45) is 4.99 Å². The molecule has 1 unspecified atom stereocenters. The average Bonchev–Trinajstić information content (AvgIpc) is 3.12. The topological polar surface area (TPSA) is 69.2 Å². The molecule has 144 valence electrons. The number of rotatable bonds is 6. The van der Waals surface area contributed by atoms with E-state index in [2.05, 4.69) is 10.3 Å². The molecule has 0 aliphatic carbocycles. The Hall–Kier alpha value is -2.13. The van der Waals surface area contributed by atoms with Crippen molar-refractivity contribution in [2.45, 2.75) is 25.1 Å². The lowest BCUT2D eigenvalue weighted by atomic mass is 10.1. The number of aliphatic imine (C=N–C) groups is 1. The quantitative estimate of drug-likeness (QED) is 0.472. The first-order valence-corrected chi connectivity index (χ1v) is 8.16. The standard InChI is InChI=1S/C17H21F3N2O4/c1-24-8-9-26-16(21-11-14-6-3-7-25-14)22-15(23)12-4-2-5-13(10-12)17(18,19)20/h2,4-5,10,14H,3,6-9,11H2,1H3,(H,21,22,23). The van der Waals surface area contributed by atoms with E-state index in [-0.39, 0.29) is 30.9 Å². The molecule has 2 rings (SSSR count). The van der Waals surface area contributed by atoms with Crippen molar-refractivity contribution in [3.8, 4) is 0 Å². The fraction of sp³-hybridized carbons (Fsp3) is 0.529. The lowest BCUT2D eigenvalue weighted by Crippen LogP contribution is -2.34. The Morgan fingerprint density at radius 2 is 2.19 bits per heavy atom. The summed E-state index contributed by atoms with van der Waals surface area (Å²) in [5.41, 5.74) is -1.04. The zero-order valence-electron chi connectivity index (χ0n) is 14.3. The first-order chi connectivity index (χ1) is 12.4. The Labute approximate surface area is 149 Å². The van der Waals surface area contributed by atoms with Crippen molar-refractivity contribution in [3.63, 3.8) is 0 Å². The molecule has 1 heterocycles. The van der Waals surface area contributed by atoms with Crippen LogP contribution in [0.4, 0.5) is 13.2 Å². The minimum absolute atomic E-state index is 0.0542. The summed E-state index contributed by atoms with van der Waals surface area (Å²) in [7, 11) is 1.49. The van der Waals surface area contributed by atoms with Gasteiger partial charge in [-0.05, 0) is 31.0 Å². The minimum atomic E-state index is -4.53. The number of alkyl halides is 3. The number of amidine groups is 1. The molecule has 6 nitrogen and oxygen atoms in total. The molecule has 1 fully saturated rings. The molecule has 0 radical (unpaired) electrons. The zero-order valence-corrected chi connectivity index (χ0v) is 14.3. The fourth-order valence-corrected chi connectivity index (χ4v) is 2.32. The molecule has 1 aliphatic rings. The van der Waals surface area contributed by atoms with Crippen LogP contribution >= 0.6 is 0 Å². The summed E-state index contributed by atoms with van der Waals surface area (Å²) in [4.78, 5) is 16.4. The van der Waals surface area contributed by atoms with Gasteiger partial charge in [0, 0.05) is 19.3 Å². The van der Waals surface area contributed by atoms with Gasteiger partial charge in [-0.15, -0.1) is 0 Å². The van der Waals surface area contributed by atoms with Gasteiger partial charge in [-0.25, -0.2) is 4.99 Å². The molecule has 0 spiro atoms. The van der Waals surface area contributed by atoms with Crippen LogP contribution in [0.5, 0.6) is 0 Å². The van der Waals surface area contributed by atoms with Gasteiger partial charge in [-0.3, -0.25) is 10.1 Å². The van der Waals surface area contributed by atoms with E-state index >= 15 is 0 Å². The van der Waals surface area contributed by atoms with Gasteiger partial charge in [0.15, 0.2) is 0 Å². The molecule has 26 heavy (non-hydrogen) atoms. The number of halogens is 3. The molecule has 1 saturated heterocycles. The number of methoxy groups -OCH3 is 1. The van der Waals surface area contributed by atoms with Crippen LogP contribution in [-0.4, -0.2) is 51.5 Å². The summed E-state index contributed by atoms with van der Waals surface area (Å²) in [6, 6.07) is 4.07. The lowest BCUT2D eigenvalue weighted by Gasteiger charge is -2.13. The molecule has 9 heteroatoms. The second-order valence-corrected chi connectivity index (χ2v) is 5.65. The van der Waals surface area contributed by atoms with Crippen molar-refractivity contribution >= 4 is 11.9 Å². The van der Waals surface area contributed by atoms with Crippen LogP contribution in [0, 0.1) is 0 Å². The normalized spacial score (nSPS) is 18.0. The molecule has 1 amide bonds. The Bertz CT molecular complexity index is 629. The third-order valence-corrected chi connectivity index (χ3v) is 3.66. The van der Waals surface area contributed by atoms with E-state index in [1.165, 1.54) is 19.2 Å². The predicted octanol–water partition coefficient (Wildman–Crippen LogP) is 2.63. The van der Waals surface area contributed by atoms with Crippen LogP contribution in [0.3, 0.4) is 0 Å². The monoisotopic (exact) mass is 374 g/mol. The molecule has 1 aromatic carbocycles. The molecular formula is C17H21F3N2O4. The maximum absolute atomic E-state index is 12.8. The Kier molecular flexibility index (Phi) is 7.40. The van der Waals surface area contributed by atoms with Crippen molar-refractivity contribution in [3.05, 3.63) is 35.4 Å². The van der Waals surface area contributed by atoms with Gasteiger partial charge in [0.2, 0.25) is 0 Å². The first kappa shape index (κ1) is 20.2. The van der Waals surface area contributed by atoms with Crippen LogP contribution < -0.4 is 5.32 Å². The molecule has 1 N–H and O–H groups in total. The largest absolute Gasteiger partial charge is 0.463 e. The molecular weight excluding hydrogens is 353 g/mol. The number of nitrogens with one attached hydrogen (secondary N) is 1. The van der Waals surface area contributed by atoms with Gasteiger partial charge in [0.05, 0.1) is 24.8 Å². The highest BCUT2D eigenvalue weighted by Crippen LogP contribution is 2.29. The smallest absolute Gasteiger partial charge is 0.416 e. The van der Waals surface area contributed by atoms with Crippen molar-refractivity contribution in [1.29, 1.82) is 0 Å². The van der Waals surface area contributed by atoms with Gasteiger partial charge >= 0.3 is 6.18 Å². The lowest BCUT2D eigenvalue weighted by molar-refractivity contribution is -0.137. The third kappa shape index (κ3) is 6.30. The number of carbonyl (C=O) groups is 1. The second-order valence-electron chi connectivity index (χ2n) is 5.65. The highest BCUT2D eigenvalue weighted by Gasteiger charge is 2.31. The molecule has 1 atom stereocenters. The highest BCUT2D eigenvalue weighted by atomic mass is 19.4. The summed E-state index contributed by atoms with van der Waals surface area (Å²) >= 11 is 0. The van der Waals surface area contributed by atoms with Gasteiger partial charge in [0.25, 0.3) is 11.9 Å². The summed E-state index contributed by atoms with van der Waals surface area (Å²) in [6.07, 6.45) is -2.78. The highest BCUT2D eigenvalue weighted by molar-refractivity contribution is 6.04. The molecule has 0 bridgehead atoms. The fourth-order valence-electron chi connectivity index (χ4n) is 2.32. The first-order valence-electron chi connectivity index (χ1n) is 8.16. The van der Waals surface area contributed by atoms with Gasteiger partial charge < -0.3 is 14.2 Å². The van der Waals surface area contributed by atoms with Gasteiger partial charge in [0.1, 0.15) is 6.61 Å². The summed E-state index contributed by atoms with van der Waals surface area (Å²) in [5.74, 6) is -0.736. The van der Waals surface area contributed by atoms with E-state index < -0.39 is 17.6 Å². The molecule has 1 aromatic rings. The number of ether oxygens (including phenoxy) is 3. The van der Waals surface area contributed by atoms with Crippen molar-refractivity contribution < 1.29 is 32.2 Å². The zero-order chi connectivity index (χ0) is 19.0. The SMILES string of the molecule is COCCOC(=NCC1CCCO1)NC(=O)c1cccc(C(F)(F)F)c1. The summed E-state index contributed by atoms with van der Waals surface area (Å²) in [6.45, 7) is 1.38. The van der Waals surface area contributed by atoms with Gasteiger partial charge in [-0.2, -0.15) is 13.2 Å². The van der Waals surface area contributed by atoms with Gasteiger partial charge in [-0.1, -0.05) is 6.07 Å². The maximum atomic E-state index is 12.8. The number of nitrogens with zero attached hydrogens (tertiary/aromatic N) is 1. The predicted molar refractivity (Wildman–Crippen MR) is 88.0 cm³/mol. The van der Waals surface area contributed by atoms with Crippen molar-refractivity contribution in [1.82, 2.24) is 5.32 Å². The summed E-state index contributed by atoms with van der Waals surface area (Å²) < 4.78 is 54.0. The number of amides is 1. The minimum Gasteiger partial charge on any atom is -0.463 e. The maximum Gasteiger partial charge on any atom is 0.416 e. The van der Waals surface area contributed by atoms with E-state index in [9.17, 15) is 18.0 Å². The van der Waals surface area contributed by atoms with Crippen LogP contribution in [0.25, 0.3) is 0 Å². The number of carbonyl (C=O) groups excluding carboxylic acids is 1. The second kappa shape index (κ2) is 9.54. The van der Waals surface area contributed by atoms with Crippen LogP contribution in [-0.2, 0) is 20.4 Å². The van der Waals surface area contributed by atoms with Crippen molar-refractivity contribution in [2.75, 3.05) is 33.5 Å².